The topological polar surface area (TPSA) is 116 Å². The highest BCUT2D eigenvalue weighted by Crippen LogP contribution is 2.16. The molecule has 1 amide bonds. The molecule has 0 fully saturated rings. The Labute approximate surface area is 164 Å². The molecule has 8 heteroatoms. The molecule has 2 aromatic carbocycles. The van der Waals surface area contributed by atoms with Gasteiger partial charge >= 0.3 is 0 Å². The number of carbonyl (C=O) groups is 2. The highest BCUT2D eigenvalue weighted by molar-refractivity contribution is 7.89. The van der Waals surface area contributed by atoms with Crippen LogP contribution in [0, 0.1) is 0 Å². The van der Waals surface area contributed by atoms with Gasteiger partial charge in [0.25, 0.3) is 0 Å². The maximum absolute atomic E-state index is 12.1. The molecule has 1 atom stereocenters. The number of hydrogen-bond donors (Lipinski definition) is 2. The maximum Gasteiger partial charge on any atom is 0.238 e. The lowest BCUT2D eigenvalue weighted by atomic mass is 10.1. The van der Waals surface area contributed by atoms with Crippen LogP contribution >= 0.6 is 0 Å². The number of amides is 1. The summed E-state index contributed by atoms with van der Waals surface area (Å²) in [5, 5.41) is 7.93. The second-order valence-corrected chi connectivity index (χ2v) is 8.00. The second kappa shape index (κ2) is 9.48. The van der Waals surface area contributed by atoms with Crippen molar-refractivity contribution in [3.05, 3.63) is 59.7 Å². The van der Waals surface area contributed by atoms with Crippen LogP contribution in [-0.4, -0.2) is 26.7 Å². The first-order valence-electron chi connectivity index (χ1n) is 8.83. The van der Waals surface area contributed by atoms with E-state index in [1.165, 1.54) is 19.1 Å². The van der Waals surface area contributed by atoms with E-state index < -0.39 is 10.0 Å². The number of ketones is 1. The summed E-state index contributed by atoms with van der Waals surface area (Å²) in [4.78, 5) is 23.3. The molecule has 0 heterocycles. The van der Waals surface area contributed by atoms with Crippen molar-refractivity contribution in [1.29, 1.82) is 0 Å². The van der Waals surface area contributed by atoms with E-state index in [1.54, 1.807) is 36.4 Å². The fraction of sp³-hybridized carbons (Fsp3) is 0.300. The Balaban J connectivity index is 1.75. The van der Waals surface area contributed by atoms with E-state index in [4.69, 9.17) is 9.88 Å². The van der Waals surface area contributed by atoms with E-state index in [2.05, 4.69) is 5.32 Å². The second-order valence-electron chi connectivity index (χ2n) is 6.44. The number of ether oxygens (including phenoxy) is 1. The van der Waals surface area contributed by atoms with E-state index in [9.17, 15) is 18.0 Å². The zero-order valence-corrected chi connectivity index (χ0v) is 16.7. The zero-order chi connectivity index (χ0) is 20.7. The molecule has 150 valence electrons. The van der Waals surface area contributed by atoms with E-state index in [1.807, 2.05) is 6.92 Å². The molecule has 7 nitrogen and oxygen atoms in total. The molecule has 0 spiro atoms. The quantitative estimate of drug-likeness (QED) is 0.492. The average Bonchev–Trinajstić information content (AvgIpc) is 2.65. The molecule has 0 aliphatic rings. The van der Waals surface area contributed by atoms with Gasteiger partial charge in [-0.05, 0) is 62.2 Å². The molecule has 0 aliphatic heterocycles. The standard InChI is InChI=1S/C20H24N2O5S/c1-14(16-7-11-19(12-8-16)28(21,25)26)22-20(24)4-3-13-27-18-9-5-17(6-10-18)15(2)23/h5-12,14H,3-4,13H2,1-2H3,(H,22,24)(H2,21,25,26)/t14-/m1/s1. The fourth-order valence-corrected chi connectivity index (χ4v) is 3.07. The molecule has 0 saturated carbocycles. The van der Waals surface area contributed by atoms with Gasteiger partial charge in [0.15, 0.2) is 5.78 Å². The van der Waals surface area contributed by atoms with Gasteiger partial charge in [-0.3, -0.25) is 9.59 Å². The Bertz CT molecular complexity index is 922. The molecular formula is C20H24N2O5S. The minimum absolute atomic E-state index is 0.00312. The van der Waals surface area contributed by atoms with Crippen molar-refractivity contribution in [3.63, 3.8) is 0 Å². The molecule has 3 N–H and O–H groups in total. The van der Waals surface area contributed by atoms with Crippen LogP contribution in [0.1, 0.15) is 48.7 Å². The number of hydrogen-bond acceptors (Lipinski definition) is 5. The third kappa shape index (κ3) is 6.47. The highest BCUT2D eigenvalue weighted by Gasteiger charge is 2.12. The van der Waals surface area contributed by atoms with Crippen molar-refractivity contribution in [3.8, 4) is 5.75 Å². The Morgan fingerprint density at radius 2 is 1.68 bits per heavy atom. The Kier molecular flexibility index (Phi) is 7.31. The maximum atomic E-state index is 12.1. The third-order valence-corrected chi connectivity index (χ3v) is 5.09. The molecule has 2 aromatic rings. The van der Waals surface area contributed by atoms with Crippen molar-refractivity contribution in [2.24, 2.45) is 5.14 Å². The highest BCUT2D eigenvalue weighted by atomic mass is 32.2. The van der Waals surface area contributed by atoms with Gasteiger partial charge in [0, 0.05) is 12.0 Å². The SMILES string of the molecule is CC(=O)c1ccc(OCCCC(=O)N[C@H](C)c2ccc(S(N)(=O)=O)cc2)cc1. The molecular weight excluding hydrogens is 380 g/mol. The first kappa shape index (κ1) is 21.6. The predicted octanol–water partition coefficient (Wildman–Crippen LogP) is 2.57. The molecule has 28 heavy (non-hydrogen) atoms. The Hall–Kier alpha value is -2.71. The van der Waals surface area contributed by atoms with Gasteiger partial charge in [0.05, 0.1) is 17.5 Å². The normalized spacial score (nSPS) is 12.2. The number of primary sulfonamides is 1. The summed E-state index contributed by atoms with van der Waals surface area (Å²) in [6.07, 6.45) is 0.836. The van der Waals surface area contributed by atoms with Crippen molar-refractivity contribution in [2.45, 2.75) is 37.6 Å². The third-order valence-electron chi connectivity index (χ3n) is 4.16. The smallest absolute Gasteiger partial charge is 0.238 e. The lowest BCUT2D eigenvalue weighted by Crippen LogP contribution is -2.26. The van der Waals surface area contributed by atoms with Crippen molar-refractivity contribution >= 4 is 21.7 Å². The van der Waals surface area contributed by atoms with E-state index in [-0.39, 0.29) is 22.6 Å². The van der Waals surface area contributed by atoms with Gasteiger partial charge in [-0.1, -0.05) is 12.1 Å². The van der Waals surface area contributed by atoms with E-state index in [0.717, 1.165) is 5.56 Å². The van der Waals surface area contributed by atoms with E-state index >= 15 is 0 Å². The summed E-state index contributed by atoms with van der Waals surface area (Å²) >= 11 is 0. The number of nitrogens with one attached hydrogen (secondary N) is 1. The van der Waals surface area contributed by atoms with Crippen molar-refractivity contribution in [2.75, 3.05) is 6.61 Å². The molecule has 0 unspecified atom stereocenters. The van der Waals surface area contributed by atoms with Gasteiger partial charge in [-0.25, -0.2) is 13.6 Å². The van der Waals surface area contributed by atoms with Crippen molar-refractivity contribution < 1.29 is 22.7 Å². The Morgan fingerprint density at radius 1 is 1.07 bits per heavy atom. The van der Waals surface area contributed by atoms with Crippen LogP contribution in [0.5, 0.6) is 5.75 Å². The summed E-state index contributed by atoms with van der Waals surface area (Å²) in [5.41, 5.74) is 1.40. The summed E-state index contributed by atoms with van der Waals surface area (Å²) in [6, 6.07) is 12.7. The summed E-state index contributed by atoms with van der Waals surface area (Å²) in [5.74, 6) is 0.518. The minimum atomic E-state index is -3.73. The number of benzene rings is 2. The molecule has 0 bridgehead atoms. The average molecular weight is 404 g/mol. The van der Waals surface area contributed by atoms with Crippen LogP contribution in [0.3, 0.4) is 0 Å². The van der Waals surface area contributed by atoms with Crippen LogP contribution in [-0.2, 0) is 14.8 Å². The minimum Gasteiger partial charge on any atom is -0.494 e. The van der Waals surface area contributed by atoms with E-state index in [0.29, 0.717) is 30.8 Å². The van der Waals surface area contributed by atoms with Crippen molar-refractivity contribution in [1.82, 2.24) is 5.32 Å². The van der Waals surface area contributed by atoms with Gasteiger partial charge in [-0.2, -0.15) is 0 Å². The number of carbonyl (C=O) groups excluding carboxylic acids is 2. The number of rotatable bonds is 9. The number of nitrogens with two attached hydrogens (primary N) is 1. The summed E-state index contributed by atoms with van der Waals surface area (Å²) in [6.45, 7) is 3.70. The molecule has 0 aromatic heterocycles. The molecule has 0 radical (unpaired) electrons. The van der Waals surface area contributed by atoms with Gasteiger partial charge in [0.1, 0.15) is 5.75 Å². The van der Waals surface area contributed by atoms with Crippen LogP contribution in [0.4, 0.5) is 0 Å². The summed E-state index contributed by atoms with van der Waals surface area (Å²) < 4.78 is 28.1. The lowest BCUT2D eigenvalue weighted by Gasteiger charge is -2.15. The predicted molar refractivity (Wildman–Crippen MR) is 106 cm³/mol. The van der Waals surface area contributed by atoms with Gasteiger partial charge < -0.3 is 10.1 Å². The van der Waals surface area contributed by atoms with Gasteiger partial charge in [-0.15, -0.1) is 0 Å². The Morgan fingerprint density at radius 3 is 2.21 bits per heavy atom. The first-order valence-corrected chi connectivity index (χ1v) is 10.4. The molecule has 0 aliphatic carbocycles. The zero-order valence-electron chi connectivity index (χ0n) is 15.8. The largest absolute Gasteiger partial charge is 0.494 e. The van der Waals surface area contributed by atoms with Gasteiger partial charge in [0.2, 0.25) is 15.9 Å². The lowest BCUT2D eigenvalue weighted by molar-refractivity contribution is -0.121. The fourth-order valence-electron chi connectivity index (χ4n) is 2.55. The monoisotopic (exact) mass is 404 g/mol. The van der Waals surface area contributed by atoms with Crippen LogP contribution < -0.4 is 15.2 Å². The van der Waals surface area contributed by atoms with Crippen LogP contribution in [0.15, 0.2) is 53.4 Å². The summed E-state index contributed by atoms with van der Waals surface area (Å²) in [7, 11) is -3.73. The molecule has 0 saturated heterocycles. The first-order chi connectivity index (χ1) is 13.2. The molecule has 2 rings (SSSR count). The number of Topliss-reactive ketones (excluding diaryl/α,β-unsaturated/α-hetero) is 1. The number of sulfonamides is 1. The van der Waals surface area contributed by atoms with Crippen LogP contribution in [0.2, 0.25) is 0 Å². The van der Waals surface area contributed by atoms with Crippen LogP contribution in [0.25, 0.3) is 0 Å².